The maximum Gasteiger partial charge on any atom is 0.319 e. The monoisotopic (exact) mass is 281 g/mol. The molecule has 2 fully saturated rings. The number of carboxylic acid groups (broad SMARTS) is 1. The van der Waals surface area contributed by atoms with Crippen LogP contribution in [0, 0.1) is 16.7 Å². The van der Waals surface area contributed by atoms with Crippen molar-refractivity contribution in [2.24, 2.45) is 16.7 Å². The van der Waals surface area contributed by atoms with Crippen LogP contribution in [0.3, 0.4) is 0 Å². The van der Waals surface area contributed by atoms with Crippen molar-refractivity contribution in [2.45, 2.75) is 65.2 Å². The first-order chi connectivity index (χ1) is 9.40. The van der Waals surface area contributed by atoms with Crippen LogP contribution in [0.5, 0.6) is 0 Å². The molecule has 0 aromatic heterocycles. The molecule has 0 aromatic rings. The third kappa shape index (κ3) is 2.84. The van der Waals surface area contributed by atoms with Crippen molar-refractivity contribution in [1.82, 2.24) is 5.32 Å². The molecule has 4 heteroatoms. The van der Waals surface area contributed by atoms with E-state index in [2.05, 4.69) is 19.2 Å². The standard InChI is InChI=1S/C16H27NO3/c1-12(2)10-15(6-3-4-7-15)11-17-13(18)16(14(19)20)8-5-9-16/h12H,3-11H2,1-2H3,(H,17,18)(H,19,20). The van der Waals surface area contributed by atoms with E-state index in [0.717, 1.165) is 25.7 Å². The molecular weight excluding hydrogens is 254 g/mol. The van der Waals surface area contributed by atoms with E-state index in [4.69, 9.17) is 0 Å². The average molecular weight is 281 g/mol. The number of nitrogens with one attached hydrogen (secondary N) is 1. The van der Waals surface area contributed by atoms with Crippen LogP contribution < -0.4 is 5.32 Å². The molecule has 4 nitrogen and oxygen atoms in total. The first kappa shape index (κ1) is 15.3. The predicted octanol–water partition coefficient (Wildman–Crippen LogP) is 2.96. The van der Waals surface area contributed by atoms with Crippen LogP contribution in [0.2, 0.25) is 0 Å². The molecule has 2 aliphatic carbocycles. The zero-order valence-corrected chi connectivity index (χ0v) is 12.7. The van der Waals surface area contributed by atoms with Gasteiger partial charge in [-0.25, -0.2) is 0 Å². The molecular formula is C16H27NO3. The molecule has 2 aliphatic rings. The maximum atomic E-state index is 12.3. The first-order valence-electron chi connectivity index (χ1n) is 7.92. The number of hydrogen-bond acceptors (Lipinski definition) is 2. The molecule has 0 radical (unpaired) electrons. The summed E-state index contributed by atoms with van der Waals surface area (Å²) in [4.78, 5) is 23.6. The second-order valence-corrected chi connectivity index (χ2v) is 7.23. The summed E-state index contributed by atoms with van der Waals surface area (Å²) in [5, 5.41) is 12.3. The summed E-state index contributed by atoms with van der Waals surface area (Å²) in [6.07, 6.45) is 7.72. The number of rotatable bonds is 6. The lowest BCUT2D eigenvalue weighted by molar-refractivity contribution is -0.162. The van der Waals surface area contributed by atoms with Crippen molar-refractivity contribution in [3.8, 4) is 0 Å². The Balaban J connectivity index is 1.96. The second kappa shape index (κ2) is 5.74. The lowest BCUT2D eigenvalue weighted by atomic mass is 9.68. The Morgan fingerprint density at radius 2 is 1.70 bits per heavy atom. The quantitative estimate of drug-likeness (QED) is 0.736. The molecule has 0 aliphatic heterocycles. The fourth-order valence-electron chi connectivity index (χ4n) is 3.95. The minimum Gasteiger partial charge on any atom is -0.480 e. The Bertz CT molecular complexity index is 379. The highest BCUT2D eigenvalue weighted by Gasteiger charge is 2.51. The van der Waals surface area contributed by atoms with E-state index >= 15 is 0 Å². The molecule has 2 rings (SSSR count). The summed E-state index contributed by atoms with van der Waals surface area (Å²) >= 11 is 0. The zero-order chi connectivity index (χ0) is 14.8. The molecule has 0 spiro atoms. The van der Waals surface area contributed by atoms with Gasteiger partial charge in [-0.3, -0.25) is 9.59 Å². The molecule has 1 amide bonds. The SMILES string of the molecule is CC(C)CC1(CNC(=O)C2(C(=O)O)CCC2)CCCC1. The number of carbonyl (C=O) groups excluding carboxylic acids is 1. The summed E-state index contributed by atoms with van der Waals surface area (Å²) in [6, 6.07) is 0. The van der Waals surface area contributed by atoms with Gasteiger partial charge in [0.25, 0.3) is 0 Å². The van der Waals surface area contributed by atoms with Crippen LogP contribution in [0.15, 0.2) is 0 Å². The second-order valence-electron chi connectivity index (χ2n) is 7.23. The van der Waals surface area contributed by atoms with Gasteiger partial charge in [0.1, 0.15) is 5.41 Å². The summed E-state index contributed by atoms with van der Waals surface area (Å²) in [6.45, 7) is 5.08. The highest BCUT2D eigenvalue weighted by Crippen LogP contribution is 2.44. The van der Waals surface area contributed by atoms with Gasteiger partial charge in [0, 0.05) is 6.54 Å². The van der Waals surface area contributed by atoms with E-state index in [0.29, 0.717) is 25.3 Å². The number of carboxylic acids is 1. The van der Waals surface area contributed by atoms with Gasteiger partial charge in [-0.1, -0.05) is 33.1 Å². The third-order valence-electron chi connectivity index (χ3n) is 5.18. The molecule has 0 bridgehead atoms. The predicted molar refractivity (Wildman–Crippen MR) is 77.3 cm³/mol. The van der Waals surface area contributed by atoms with Crippen LogP contribution in [0.1, 0.15) is 65.2 Å². The van der Waals surface area contributed by atoms with Crippen molar-refractivity contribution in [3.63, 3.8) is 0 Å². The van der Waals surface area contributed by atoms with Gasteiger partial charge in [0.15, 0.2) is 0 Å². The fourth-order valence-corrected chi connectivity index (χ4v) is 3.95. The van der Waals surface area contributed by atoms with Gasteiger partial charge in [-0.05, 0) is 43.4 Å². The molecule has 0 saturated heterocycles. The zero-order valence-electron chi connectivity index (χ0n) is 12.7. The number of carbonyl (C=O) groups is 2. The molecule has 20 heavy (non-hydrogen) atoms. The Morgan fingerprint density at radius 1 is 1.10 bits per heavy atom. The minimum atomic E-state index is -1.13. The van der Waals surface area contributed by atoms with E-state index in [1.54, 1.807) is 0 Å². The summed E-state index contributed by atoms with van der Waals surface area (Å²) in [5.74, 6) is -0.598. The number of aliphatic carboxylic acids is 1. The molecule has 0 atom stereocenters. The first-order valence-corrected chi connectivity index (χ1v) is 7.92. The van der Waals surface area contributed by atoms with Gasteiger partial charge in [-0.2, -0.15) is 0 Å². The number of hydrogen-bond donors (Lipinski definition) is 2. The Labute approximate surface area is 121 Å². The van der Waals surface area contributed by atoms with Crippen LogP contribution >= 0.6 is 0 Å². The lowest BCUT2D eigenvalue weighted by Gasteiger charge is -2.38. The Hall–Kier alpha value is -1.06. The van der Waals surface area contributed by atoms with E-state index in [-0.39, 0.29) is 11.3 Å². The maximum absolute atomic E-state index is 12.3. The lowest BCUT2D eigenvalue weighted by Crippen LogP contribution is -2.52. The van der Waals surface area contributed by atoms with E-state index in [1.807, 2.05) is 0 Å². The summed E-state index contributed by atoms with van der Waals surface area (Å²) < 4.78 is 0. The normalized spacial score (nSPS) is 23.4. The molecule has 0 unspecified atom stereocenters. The van der Waals surface area contributed by atoms with Crippen LogP contribution in [-0.4, -0.2) is 23.5 Å². The van der Waals surface area contributed by atoms with Gasteiger partial charge in [-0.15, -0.1) is 0 Å². The van der Waals surface area contributed by atoms with E-state index < -0.39 is 11.4 Å². The van der Waals surface area contributed by atoms with Crippen molar-refractivity contribution < 1.29 is 14.7 Å². The summed E-state index contributed by atoms with van der Waals surface area (Å²) in [7, 11) is 0. The van der Waals surface area contributed by atoms with Crippen LogP contribution in [-0.2, 0) is 9.59 Å². The Morgan fingerprint density at radius 3 is 2.10 bits per heavy atom. The minimum absolute atomic E-state index is 0.202. The van der Waals surface area contributed by atoms with Crippen molar-refractivity contribution in [2.75, 3.05) is 6.54 Å². The third-order valence-corrected chi connectivity index (χ3v) is 5.18. The smallest absolute Gasteiger partial charge is 0.319 e. The van der Waals surface area contributed by atoms with E-state index in [1.165, 1.54) is 12.8 Å². The summed E-state index contributed by atoms with van der Waals surface area (Å²) in [5.41, 5.74) is -0.926. The largest absolute Gasteiger partial charge is 0.480 e. The Kier molecular flexibility index (Phi) is 4.40. The molecule has 2 N–H and O–H groups in total. The molecule has 0 heterocycles. The van der Waals surface area contributed by atoms with Gasteiger partial charge in [0.2, 0.25) is 5.91 Å². The van der Waals surface area contributed by atoms with Gasteiger partial charge >= 0.3 is 5.97 Å². The van der Waals surface area contributed by atoms with Crippen LogP contribution in [0.25, 0.3) is 0 Å². The highest BCUT2D eigenvalue weighted by molar-refractivity contribution is 6.02. The highest BCUT2D eigenvalue weighted by atomic mass is 16.4. The average Bonchev–Trinajstić information content (AvgIpc) is 2.72. The van der Waals surface area contributed by atoms with Crippen molar-refractivity contribution >= 4 is 11.9 Å². The van der Waals surface area contributed by atoms with E-state index in [9.17, 15) is 14.7 Å². The number of amides is 1. The molecule has 0 aromatic carbocycles. The van der Waals surface area contributed by atoms with Crippen LogP contribution in [0.4, 0.5) is 0 Å². The van der Waals surface area contributed by atoms with Crippen molar-refractivity contribution in [3.05, 3.63) is 0 Å². The topological polar surface area (TPSA) is 66.4 Å². The molecule has 114 valence electrons. The fraction of sp³-hybridized carbons (Fsp3) is 0.875. The van der Waals surface area contributed by atoms with Gasteiger partial charge in [0.05, 0.1) is 0 Å². The van der Waals surface area contributed by atoms with Gasteiger partial charge < -0.3 is 10.4 Å². The van der Waals surface area contributed by atoms with Crippen molar-refractivity contribution in [1.29, 1.82) is 0 Å². The molecule has 2 saturated carbocycles.